The van der Waals surface area contributed by atoms with E-state index in [9.17, 15) is 9.18 Å². The van der Waals surface area contributed by atoms with E-state index in [-0.39, 0.29) is 29.8 Å². The van der Waals surface area contributed by atoms with Crippen LogP contribution in [-0.4, -0.2) is 16.9 Å². The zero-order chi connectivity index (χ0) is 18.4. The Bertz CT molecular complexity index is 714. The van der Waals surface area contributed by atoms with Crippen LogP contribution in [-0.2, 0) is 6.61 Å². The Labute approximate surface area is 148 Å². The molecule has 134 valence electrons. The first-order valence-electron chi connectivity index (χ1n) is 8.46. The van der Waals surface area contributed by atoms with E-state index in [2.05, 4.69) is 31.1 Å². The quantitative estimate of drug-likeness (QED) is 0.812. The van der Waals surface area contributed by atoms with Crippen molar-refractivity contribution in [2.75, 3.05) is 0 Å². The van der Waals surface area contributed by atoms with Gasteiger partial charge in [0.15, 0.2) is 0 Å². The number of nitrogens with zero attached hydrogens (tertiary/aromatic N) is 1. The summed E-state index contributed by atoms with van der Waals surface area (Å²) in [6.45, 7) is 8.58. The summed E-state index contributed by atoms with van der Waals surface area (Å²) in [5.41, 5.74) is 1.23. The molecule has 25 heavy (non-hydrogen) atoms. The average molecular weight is 344 g/mol. The predicted octanol–water partition coefficient (Wildman–Crippen LogP) is 4.35. The van der Waals surface area contributed by atoms with Crippen LogP contribution in [0.3, 0.4) is 0 Å². The zero-order valence-corrected chi connectivity index (χ0v) is 15.2. The molecule has 0 saturated carbocycles. The molecule has 1 N–H and O–H groups in total. The predicted molar refractivity (Wildman–Crippen MR) is 96.0 cm³/mol. The lowest BCUT2D eigenvalue weighted by atomic mass is 9.83. The summed E-state index contributed by atoms with van der Waals surface area (Å²) in [7, 11) is 0. The van der Waals surface area contributed by atoms with Gasteiger partial charge in [-0.1, -0.05) is 32.9 Å². The van der Waals surface area contributed by atoms with Crippen LogP contribution >= 0.6 is 0 Å². The number of hydrogen-bond donors (Lipinski definition) is 1. The van der Waals surface area contributed by atoms with Crippen LogP contribution in [0.1, 0.15) is 50.0 Å². The maximum atomic E-state index is 13.1. The molecule has 4 nitrogen and oxygen atoms in total. The Hall–Kier alpha value is -2.43. The first-order chi connectivity index (χ1) is 11.8. The molecule has 0 fully saturated rings. The van der Waals surface area contributed by atoms with Gasteiger partial charge in [-0.25, -0.2) is 9.37 Å². The van der Waals surface area contributed by atoms with E-state index in [0.717, 1.165) is 12.0 Å². The second kappa shape index (κ2) is 8.10. The van der Waals surface area contributed by atoms with Crippen molar-refractivity contribution in [1.29, 1.82) is 0 Å². The summed E-state index contributed by atoms with van der Waals surface area (Å²) < 4.78 is 18.7. The van der Waals surface area contributed by atoms with Gasteiger partial charge in [-0.05, 0) is 42.5 Å². The lowest BCUT2D eigenvalue weighted by Crippen LogP contribution is -2.42. The molecule has 1 unspecified atom stereocenters. The minimum Gasteiger partial charge on any atom is -0.473 e. The van der Waals surface area contributed by atoms with Crippen molar-refractivity contribution in [1.82, 2.24) is 10.3 Å². The molecule has 1 aromatic carbocycles. The zero-order valence-electron chi connectivity index (χ0n) is 15.2. The summed E-state index contributed by atoms with van der Waals surface area (Å²) in [6, 6.07) is 9.58. The molecular weight excluding hydrogens is 319 g/mol. The van der Waals surface area contributed by atoms with Crippen LogP contribution in [0, 0.1) is 11.2 Å². The van der Waals surface area contributed by atoms with Crippen LogP contribution in [0.25, 0.3) is 0 Å². The highest BCUT2D eigenvalue weighted by Crippen LogP contribution is 2.24. The number of aromatic nitrogens is 1. The number of amides is 1. The number of nitrogens with one attached hydrogen (secondary N) is 1. The van der Waals surface area contributed by atoms with Gasteiger partial charge < -0.3 is 10.1 Å². The maximum absolute atomic E-state index is 13.1. The lowest BCUT2D eigenvalue weighted by molar-refractivity contribution is 0.0901. The number of carbonyl (C=O) groups excluding carboxylic acids is 1. The van der Waals surface area contributed by atoms with Gasteiger partial charge >= 0.3 is 0 Å². The fraction of sp³-hybridized carbons (Fsp3) is 0.400. The Morgan fingerprint density at radius 1 is 1.32 bits per heavy atom. The normalized spacial score (nSPS) is 12.5. The lowest BCUT2D eigenvalue weighted by Gasteiger charge is -2.31. The van der Waals surface area contributed by atoms with E-state index in [4.69, 9.17) is 4.74 Å². The number of halogens is 1. The topological polar surface area (TPSA) is 51.2 Å². The van der Waals surface area contributed by atoms with Crippen molar-refractivity contribution >= 4 is 5.91 Å². The molecule has 2 aromatic rings. The van der Waals surface area contributed by atoms with E-state index in [1.165, 1.54) is 18.3 Å². The van der Waals surface area contributed by atoms with Crippen molar-refractivity contribution in [2.45, 2.75) is 46.8 Å². The molecule has 1 amide bonds. The van der Waals surface area contributed by atoms with Gasteiger partial charge in [-0.3, -0.25) is 4.79 Å². The first-order valence-corrected chi connectivity index (χ1v) is 8.46. The molecule has 1 heterocycles. The van der Waals surface area contributed by atoms with Crippen molar-refractivity contribution in [3.63, 3.8) is 0 Å². The molecule has 1 atom stereocenters. The summed E-state index contributed by atoms with van der Waals surface area (Å²) >= 11 is 0. The maximum Gasteiger partial charge on any atom is 0.253 e. The average Bonchev–Trinajstić information content (AvgIpc) is 2.60. The number of rotatable bonds is 7. The molecule has 0 spiro atoms. The van der Waals surface area contributed by atoms with Gasteiger partial charge in [0, 0.05) is 18.3 Å². The van der Waals surface area contributed by atoms with E-state index >= 15 is 0 Å². The number of benzene rings is 1. The van der Waals surface area contributed by atoms with Crippen molar-refractivity contribution in [3.05, 3.63) is 59.5 Å². The number of pyridine rings is 1. The third kappa shape index (κ3) is 5.28. The van der Waals surface area contributed by atoms with Gasteiger partial charge in [-0.15, -0.1) is 0 Å². The monoisotopic (exact) mass is 344 g/mol. The van der Waals surface area contributed by atoms with Gasteiger partial charge in [0.25, 0.3) is 5.91 Å². The number of ether oxygens (including phenoxy) is 1. The molecule has 0 aliphatic rings. The Morgan fingerprint density at radius 3 is 2.68 bits per heavy atom. The fourth-order valence-corrected chi connectivity index (χ4v) is 2.17. The molecule has 1 aromatic heterocycles. The molecule has 0 saturated heterocycles. The summed E-state index contributed by atoms with van der Waals surface area (Å²) in [4.78, 5) is 16.5. The van der Waals surface area contributed by atoms with Gasteiger partial charge in [-0.2, -0.15) is 0 Å². The highest BCUT2D eigenvalue weighted by molar-refractivity contribution is 5.94. The van der Waals surface area contributed by atoms with E-state index in [1.54, 1.807) is 24.3 Å². The highest BCUT2D eigenvalue weighted by atomic mass is 19.1. The molecular formula is C20H25FN2O2. The van der Waals surface area contributed by atoms with Crippen molar-refractivity contribution in [2.24, 2.45) is 5.41 Å². The molecule has 0 aliphatic carbocycles. The van der Waals surface area contributed by atoms with Gasteiger partial charge in [0.05, 0.1) is 5.56 Å². The molecule has 5 heteroatoms. The minimum atomic E-state index is -0.301. The van der Waals surface area contributed by atoms with Crippen LogP contribution in [0.15, 0.2) is 42.6 Å². The van der Waals surface area contributed by atoms with E-state index in [0.29, 0.717) is 11.4 Å². The fourth-order valence-electron chi connectivity index (χ4n) is 2.17. The largest absolute Gasteiger partial charge is 0.473 e. The summed E-state index contributed by atoms with van der Waals surface area (Å²) in [6.07, 6.45) is 2.46. The van der Waals surface area contributed by atoms with Crippen LogP contribution in [0.4, 0.5) is 4.39 Å². The second-order valence-electron chi connectivity index (χ2n) is 6.84. The van der Waals surface area contributed by atoms with Gasteiger partial charge in [0.2, 0.25) is 5.88 Å². The molecule has 0 bridgehead atoms. The van der Waals surface area contributed by atoms with Crippen molar-refractivity contribution < 1.29 is 13.9 Å². The number of carbonyl (C=O) groups is 1. The van der Waals surface area contributed by atoms with Crippen molar-refractivity contribution in [3.8, 4) is 5.88 Å². The Morgan fingerprint density at radius 2 is 2.08 bits per heavy atom. The van der Waals surface area contributed by atoms with Crippen LogP contribution in [0.5, 0.6) is 5.88 Å². The summed E-state index contributed by atoms with van der Waals surface area (Å²) in [5.74, 6) is -0.0637. The Kier molecular flexibility index (Phi) is 6.12. The van der Waals surface area contributed by atoms with E-state index < -0.39 is 0 Å². The van der Waals surface area contributed by atoms with Crippen LogP contribution in [0.2, 0.25) is 0 Å². The third-order valence-corrected chi connectivity index (χ3v) is 4.71. The highest BCUT2D eigenvalue weighted by Gasteiger charge is 2.25. The minimum absolute atomic E-state index is 0.0249. The molecule has 0 radical (unpaired) electrons. The third-order valence-electron chi connectivity index (χ3n) is 4.71. The molecule has 0 aliphatic heterocycles. The van der Waals surface area contributed by atoms with Gasteiger partial charge in [0.1, 0.15) is 12.4 Å². The Balaban J connectivity index is 1.94. The second-order valence-corrected chi connectivity index (χ2v) is 6.84. The smallest absolute Gasteiger partial charge is 0.253 e. The van der Waals surface area contributed by atoms with Crippen LogP contribution < -0.4 is 10.1 Å². The molecule has 2 rings (SSSR count). The summed E-state index contributed by atoms with van der Waals surface area (Å²) in [5, 5.41) is 3.01. The standard InChI is InChI=1S/C20H25FN2O2/c1-5-20(3,4)14(2)23-19(24)16-9-10-18(22-12-16)25-13-15-7-6-8-17(21)11-15/h6-12,14H,5,13H2,1-4H3,(H,23,24). The first kappa shape index (κ1) is 18.9. The number of hydrogen-bond acceptors (Lipinski definition) is 3. The SMILES string of the molecule is CCC(C)(C)C(C)NC(=O)c1ccc(OCc2cccc(F)c2)nc1. The van der Waals surface area contributed by atoms with E-state index in [1.807, 2.05) is 6.92 Å².